The summed E-state index contributed by atoms with van der Waals surface area (Å²) in [4.78, 5) is 16.0. The quantitative estimate of drug-likeness (QED) is 0.538. The number of hydrogen-bond donors (Lipinski definition) is 0. The molecule has 114 valence electrons. The monoisotopic (exact) mass is 321 g/mol. The summed E-state index contributed by atoms with van der Waals surface area (Å²) in [6.07, 6.45) is 8.83. The second-order valence-corrected chi connectivity index (χ2v) is 7.30. The fourth-order valence-electron chi connectivity index (χ4n) is 3.36. The Morgan fingerprint density at radius 3 is 3.00 bits per heavy atom. The van der Waals surface area contributed by atoms with E-state index in [-0.39, 0.29) is 0 Å². The Labute approximate surface area is 137 Å². The van der Waals surface area contributed by atoms with Crippen molar-refractivity contribution in [3.8, 4) is 11.4 Å². The van der Waals surface area contributed by atoms with Gasteiger partial charge in [-0.1, -0.05) is 6.92 Å². The second kappa shape index (κ2) is 4.83. The maximum absolute atomic E-state index is 4.80. The van der Waals surface area contributed by atoms with Gasteiger partial charge in [0, 0.05) is 22.8 Å². The van der Waals surface area contributed by atoms with Crippen molar-refractivity contribution in [2.75, 3.05) is 0 Å². The first kappa shape index (κ1) is 13.1. The van der Waals surface area contributed by atoms with Gasteiger partial charge in [0.05, 0.1) is 5.39 Å². The highest BCUT2D eigenvalue weighted by Crippen LogP contribution is 2.38. The molecule has 23 heavy (non-hydrogen) atoms. The Hall–Kier alpha value is -2.34. The van der Waals surface area contributed by atoms with Crippen LogP contribution < -0.4 is 0 Å². The number of aromatic nitrogens is 5. The minimum Gasteiger partial charge on any atom is -0.265 e. The van der Waals surface area contributed by atoms with E-state index in [1.807, 2.05) is 28.0 Å². The van der Waals surface area contributed by atoms with Gasteiger partial charge >= 0.3 is 0 Å². The highest BCUT2D eigenvalue weighted by atomic mass is 32.1. The van der Waals surface area contributed by atoms with Crippen molar-refractivity contribution in [1.82, 2.24) is 24.6 Å². The molecule has 6 heteroatoms. The first-order valence-electron chi connectivity index (χ1n) is 7.85. The number of nitrogens with zero attached hydrogens (tertiary/aromatic N) is 5. The van der Waals surface area contributed by atoms with Crippen LogP contribution in [0.5, 0.6) is 0 Å². The molecule has 0 unspecified atom stereocenters. The molecule has 0 N–H and O–H groups in total. The van der Waals surface area contributed by atoms with Gasteiger partial charge in [0.2, 0.25) is 0 Å². The van der Waals surface area contributed by atoms with Gasteiger partial charge in [-0.25, -0.2) is 14.5 Å². The standard InChI is InChI=1S/C17H15N5S/c1-10-2-3-12-13(8-10)23-17-14(12)16-20-15(21-22(16)9-19-17)11-4-6-18-7-5-11/h4-7,9-10H,2-3,8H2,1H3/t10-/m1/s1. The van der Waals surface area contributed by atoms with E-state index in [1.54, 1.807) is 18.7 Å². The molecule has 0 saturated heterocycles. The van der Waals surface area contributed by atoms with Gasteiger partial charge in [0.1, 0.15) is 11.2 Å². The molecule has 1 aliphatic rings. The summed E-state index contributed by atoms with van der Waals surface area (Å²) in [6, 6.07) is 3.87. The van der Waals surface area contributed by atoms with Crippen molar-refractivity contribution in [3.63, 3.8) is 0 Å². The number of thiophene rings is 1. The average molecular weight is 321 g/mol. The summed E-state index contributed by atoms with van der Waals surface area (Å²) >= 11 is 1.82. The van der Waals surface area contributed by atoms with Crippen molar-refractivity contribution in [2.45, 2.75) is 26.2 Å². The third-order valence-corrected chi connectivity index (χ3v) is 5.73. The first-order chi connectivity index (χ1) is 11.3. The molecule has 0 bridgehead atoms. The molecule has 4 aromatic rings. The third kappa shape index (κ3) is 1.98. The molecule has 4 aromatic heterocycles. The van der Waals surface area contributed by atoms with Crippen LogP contribution in [0.4, 0.5) is 0 Å². The SMILES string of the molecule is C[C@@H]1CCc2c(sc3ncn4nc(-c5ccncc5)nc4c23)C1. The minimum absolute atomic E-state index is 0.728. The zero-order chi connectivity index (χ0) is 15.4. The van der Waals surface area contributed by atoms with Crippen LogP contribution in [0.1, 0.15) is 23.8 Å². The molecule has 0 aliphatic heterocycles. The Kier molecular flexibility index (Phi) is 2.76. The Morgan fingerprint density at radius 2 is 2.13 bits per heavy atom. The zero-order valence-corrected chi connectivity index (χ0v) is 13.5. The predicted molar refractivity (Wildman–Crippen MR) is 90.6 cm³/mol. The topological polar surface area (TPSA) is 56.0 Å². The van der Waals surface area contributed by atoms with Crippen LogP contribution in [0.2, 0.25) is 0 Å². The lowest BCUT2D eigenvalue weighted by molar-refractivity contribution is 0.509. The number of hydrogen-bond acceptors (Lipinski definition) is 5. The molecule has 4 heterocycles. The predicted octanol–water partition coefficient (Wildman–Crippen LogP) is 3.53. The summed E-state index contributed by atoms with van der Waals surface area (Å²) in [7, 11) is 0. The summed E-state index contributed by atoms with van der Waals surface area (Å²) in [5, 5.41) is 5.80. The van der Waals surface area contributed by atoms with E-state index in [0.717, 1.165) is 40.6 Å². The van der Waals surface area contributed by atoms with Gasteiger partial charge in [0.15, 0.2) is 11.5 Å². The van der Waals surface area contributed by atoms with Gasteiger partial charge in [0.25, 0.3) is 0 Å². The smallest absolute Gasteiger partial charge is 0.182 e. The Morgan fingerprint density at radius 1 is 1.26 bits per heavy atom. The summed E-state index contributed by atoms with van der Waals surface area (Å²) in [5.41, 5.74) is 3.35. The van der Waals surface area contributed by atoms with Crippen LogP contribution in [-0.4, -0.2) is 24.6 Å². The van der Waals surface area contributed by atoms with Crippen LogP contribution in [0.3, 0.4) is 0 Å². The van der Waals surface area contributed by atoms with E-state index in [4.69, 9.17) is 4.98 Å². The number of aryl methyl sites for hydroxylation is 1. The molecule has 5 nitrogen and oxygen atoms in total. The zero-order valence-electron chi connectivity index (χ0n) is 12.7. The molecule has 0 amide bonds. The van der Waals surface area contributed by atoms with Crippen LogP contribution in [-0.2, 0) is 12.8 Å². The molecule has 1 aliphatic carbocycles. The van der Waals surface area contributed by atoms with Gasteiger partial charge < -0.3 is 0 Å². The molecule has 0 fully saturated rings. The lowest BCUT2D eigenvalue weighted by Gasteiger charge is -2.17. The summed E-state index contributed by atoms with van der Waals surface area (Å²) in [5.74, 6) is 1.49. The number of pyridine rings is 1. The molecular formula is C17H15N5S. The van der Waals surface area contributed by atoms with E-state index in [2.05, 4.69) is 22.0 Å². The van der Waals surface area contributed by atoms with Gasteiger partial charge in [-0.2, -0.15) is 0 Å². The normalized spacial score (nSPS) is 17.7. The number of fused-ring (bicyclic) bond motifs is 5. The minimum atomic E-state index is 0.728. The highest BCUT2D eigenvalue weighted by Gasteiger charge is 2.23. The second-order valence-electron chi connectivity index (χ2n) is 6.22. The van der Waals surface area contributed by atoms with Crippen LogP contribution >= 0.6 is 11.3 Å². The van der Waals surface area contributed by atoms with Crippen molar-refractivity contribution in [2.24, 2.45) is 5.92 Å². The van der Waals surface area contributed by atoms with E-state index < -0.39 is 0 Å². The van der Waals surface area contributed by atoms with Crippen LogP contribution in [0.25, 0.3) is 27.3 Å². The first-order valence-corrected chi connectivity index (χ1v) is 8.67. The lowest BCUT2D eigenvalue weighted by atomic mass is 9.89. The average Bonchev–Trinajstić information content (AvgIpc) is 3.15. The van der Waals surface area contributed by atoms with E-state index >= 15 is 0 Å². The van der Waals surface area contributed by atoms with Crippen molar-refractivity contribution < 1.29 is 0 Å². The fraction of sp³-hybridized carbons (Fsp3) is 0.294. The molecule has 0 spiro atoms. The largest absolute Gasteiger partial charge is 0.265 e. The highest BCUT2D eigenvalue weighted by molar-refractivity contribution is 7.19. The summed E-state index contributed by atoms with van der Waals surface area (Å²) < 4.78 is 1.81. The van der Waals surface area contributed by atoms with E-state index in [0.29, 0.717) is 0 Å². The molecule has 5 rings (SSSR count). The fourth-order valence-corrected chi connectivity index (χ4v) is 4.71. The van der Waals surface area contributed by atoms with Gasteiger partial charge in [-0.05, 0) is 42.9 Å². The molecule has 1 atom stereocenters. The number of rotatable bonds is 1. The molecule has 0 aromatic carbocycles. The van der Waals surface area contributed by atoms with Gasteiger partial charge in [-0.3, -0.25) is 4.98 Å². The Bertz CT molecular complexity index is 1020. The molecule has 0 saturated carbocycles. The van der Waals surface area contributed by atoms with Crippen molar-refractivity contribution in [1.29, 1.82) is 0 Å². The van der Waals surface area contributed by atoms with Crippen molar-refractivity contribution >= 4 is 27.2 Å². The van der Waals surface area contributed by atoms with Crippen LogP contribution in [0, 0.1) is 5.92 Å². The maximum Gasteiger partial charge on any atom is 0.182 e. The summed E-state index contributed by atoms with van der Waals surface area (Å²) in [6.45, 7) is 2.33. The van der Waals surface area contributed by atoms with E-state index in [1.165, 1.54) is 22.2 Å². The third-order valence-electron chi connectivity index (χ3n) is 4.57. The lowest BCUT2D eigenvalue weighted by Crippen LogP contribution is -2.08. The van der Waals surface area contributed by atoms with Crippen LogP contribution in [0.15, 0.2) is 30.9 Å². The van der Waals surface area contributed by atoms with Crippen molar-refractivity contribution in [3.05, 3.63) is 41.3 Å². The molecular weight excluding hydrogens is 306 g/mol. The van der Waals surface area contributed by atoms with Gasteiger partial charge in [-0.15, -0.1) is 16.4 Å². The van der Waals surface area contributed by atoms with E-state index in [9.17, 15) is 0 Å². The Balaban J connectivity index is 1.78. The molecule has 0 radical (unpaired) electrons. The maximum atomic E-state index is 4.80.